The minimum Gasteiger partial charge on any atom is -0.366 e. The molecule has 0 radical (unpaired) electrons. The highest BCUT2D eigenvalue weighted by Crippen LogP contribution is 2.49. The molecule has 1 amide bonds. The molecule has 3 heterocycles. The largest absolute Gasteiger partial charge is 0.366 e. The second-order valence-corrected chi connectivity index (χ2v) is 13.0. The van der Waals surface area contributed by atoms with Crippen LogP contribution in [0.2, 0.25) is 5.15 Å². The minimum absolute atomic E-state index is 0.0299. The number of aromatic nitrogens is 2. The molecule has 2 aromatic heterocycles. The first-order valence-electron chi connectivity index (χ1n) is 13.5. The van der Waals surface area contributed by atoms with Crippen molar-refractivity contribution in [1.29, 1.82) is 16.1 Å². The summed E-state index contributed by atoms with van der Waals surface area (Å²) in [6.07, 6.45) is 5.52. The summed E-state index contributed by atoms with van der Waals surface area (Å²) in [5, 5.41) is 27.2. The van der Waals surface area contributed by atoms with Gasteiger partial charge in [-0.1, -0.05) is 51.1 Å². The number of thioether (sulfide) groups is 1. The molecule has 210 valence electrons. The van der Waals surface area contributed by atoms with Crippen LogP contribution in [0.3, 0.4) is 0 Å². The van der Waals surface area contributed by atoms with E-state index in [1.54, 1.807) is 11.9 Å². The number of nitrogens with zero attached hydrogens (tertiary/aromatic N) is 5. The van der Waals surface area contributed by atoms with Gasteiger partial charge < -0.3 is 9.80 Å². The maximum Gasteiger partial charge on any atom is 0.225 e. The van der Waals surface area contributed by atoms with Crippen LogP contribution in [0, 0.1) is 33.5 Å². The summed E-state index contributed by atoms with van der Waals surface area (Å²) in [6.45, 7) is 12.7. The van der Waals surface area contributed by atoms with Gasteiger partial charge in [0.05, 0.1) is 16.8 Å². The number of halogens is 1. The first-order valence-corrected chi connectivity index (χ1v) is 15.5. The second kappa shape index (κ2) is 11.7. The molecule has 0 unspecified atom stereocenters. The van der Waals surface area contributed by atoms with Gasteiger partial charge in [-0.3, -0.25) is 24.7 Å². The Morgan fingerprint density at radius 3 is 2.36 bits per heavy atom. The van der Waals surface area contributed by atoms with Crippen LogP contribution in [0.15, 0.2) is 17.2 Å². The number of nitriles is 1. The van der Waals surface area contributed by atoms with Crippen molar-refractivity contribution in [2.45, 2.75) is 70.7 Å². The zero-order valence-electron chi connectivity index (χ0n) is 23.2. The van der Waals surface area contributed by atoms with Gasteiger partial charge in [-0.05, 0) is 50.6 Å². The number of amides is 1. The molecule has 12 heteroatoms. The van der Waals surface area contributed by atoms with E-state index in [0.29, 0.717) is 55.5 Å². The standard InChI is InChI=1S/C25H31ClN8OS2.C2H6/c1-15(2)22(35)33-10-8-32(9-11-33)17-12-16(37-31-24(3)4-5-24)13-34-18(17)19(26)30-21(34)20(28)36-23(29)25(14-27)6-7-25;1-2/h12-13,15,28-29,31H,4-11H2,1-3H3;1-2H3. The lowest BCUT2D eigenvalue weighted by atomic mass is 10.1. The van der Waals surface area contributed by atoms with E-state index in [9.17, 15) is 10.1 Å². The molecule has 0 aromatic carbocycles. The first kappa shape index (κ1) is 29.7. The van der Waals surface area contributed by atoms with Gasteiger partial charge in [0.15, 0.2) is 11.0 Å². The molecule has 2 aliphatic carbocycles. The van der Waals surface area contributed by atoms with E-state index in [1.807, 2.05) is 43.2 Å². The summed E-state index contributed by atoms with van der Waals surface area (Å²) in [5.41, 5.74) is 1.000. The summed E-state index contributed by atoms with van der Waals surface area (Å²) in [7, 11) is 0. The Labute approximate surface area is 244 Å². The van der Waals surface area contributed by atoms with Crippen molar-refractivity contribution in [3.63, 3.8) is 0 Å². The van der Waals surface area contributed by atoms with Gasteiger partial charge in [-0.15, -0.1) is 0 Å². The predicted octanol–water partition coefficient (Wildman–Crippen LogP) is 5.81. The van der Waals surface area contributed by atoms with E-state index in [2.05, 4.69) is 33.7 Å². The second-order valence-electron chi connectivity index (χ2n) is 10.7. The number of hydrogen-bond donors (Lipinski definition) is 3. The Morgan fingerprint density at radius 1 is 1.18 bits per heavy atom. The van der Waals surface area contributed by atoms with E-state index in [1.165, 1.54) is 0 Å². The van der Waals surface area contributed by atoms with Crippen LogP contribution >= 0.6 is 35.3 Å². The van der Waals surface area contributed by atoms with Crippen molar-refractivity contribution in [3.05, 3.63) is 23.2 Å². The van der Waals surface area contributed by atoms with Gasteiger partial charge in [-0.2, -0.15) is 5.26 Å². The number of carbonyl (C=O) groups excluding carboxylic acids is 1. The fourth-order valence-electron chi connectivity index (χ4n) is 4.35. The molecule has 0 atom stereocenters. The Hall–Kier alpha value is -2.26. The molecule has 1 aliphatic heterocycles. The highest BCUT2D eigenvalue weighted by molar-refractivity contribution is 8.26. The molecule has 9 nitrogen and oxygen atoms in total. The minimum atomic E-state index is -0.753. The highest BCUT2D eigenvalue weighted by atomic mass is 35.5. The highest BCUT2D eigenvalue weighted by Gasteiger charge is 2.48. The molecule has 5 rings (SSSR count). The van der Waals surface area contributed by atoms with Gasteiger partial charge in [0.25, 0.3) is 0 Å². The van der Waals surface area contributed by atoms with Gasteiger partial charge in [0.1, 0.15) is 16.0 Å². The van der Waals surface area contributed by atoms with Crippen LogP contribution in [0.25, 0.3) is 5.52 Å². The Morgan fingerprint density at radius 2 is 1.82 bits per heavy atom. The monoisotopic (exact) mass is 588 g/mol. The zero-order chi connectivity index (χ0) is 28.5. The van der Waals surface area contributed by atoms with Crippen molar-refractivity contribution in [2.75, 3.05) is 31.1 Å². The summed E-state index contributed by atoms with van der Waals surface area (Å²) >= 11 is 9.22. The quantitative estimate of drug-likeness (QED) is 0.212. The van der Waals surface area contributed by atoms with E-state index in [-0.39, 0.29) is 27.5 Å². The average Bonchev–Trinajstić information content (AvgIpc) is 3.86. The number of anilines is 1. The molecule has 2 aromatic rings. The van der Waals surface area contributed by atoms with Gasteiger partial charge in [-0.25, -0.2) is 4.98 Å². The molecule has 2 saturated carbocycles. The maximum absolute atomic E-state index is 12.5. The summed E-state index contributed by atoms with van der Waals surface area (Å²) in [6, 6.07) is 4.33. The molecule has 0 bridgehead atoms. The number of pyridine rings is 1. The SMILES string of the molecule is CC.CC(C)C(=O)N1CCN(c2cc(SNC3(C)CC3)cn3c(C(=N)SC(=N)C4(C#N)CC4)nc(Cl)c23)CC1. The van der Waals surface area contributed by atoms with Crippen molar-refractivity contribution >= 4 is 62.5 Å². The van der Waals surface area contributed by atoms with E-state index in [4.69, 9.17) is 22.4 Å². The van der Waals surface area contributed by atoms with E-state index in [0.717, 1.165) is 35.2 Å². The van der Waals surface area contributed by atoms with Crippen molar-refractivity contribution in [2.24, 2.45) is 11.3 Å². The normalized spacial score (nSPS) is 18.8. The molecular weight excluding hydrogens is 552 g/mol. The topological polar surface area (TPSA) is 124 Å². The third-order valence-corrected chi connectivity index (χ3v) is 9.59. The average molecular weight is 589 g/mol. The molecule has 3 fully saturated rings. The third-order valence-electron chi connectivity index (χ3n) is 7.29. The molecule has 3 aliphatic rings. The van der Waals surface area contributed by atoms with Crippen molar-refractivity contribution in [3.8, 4) is 6.07 Å². The predicted molar refractivity (Wildman–Crippen MR) is 161 cm³/mol. The summed E-state index contributed by atoms with van der Waals surface area (Å²) in [4.78, 5) is 22.2. The van der Waals surface area contributed by atoms with Gasteiger partial charge in [0, 0.05) is 48.7 Å². The molecule has 39 heavy (non-hydrogen) atoms. The lowest BCUT2D eigenvalue weighted by Gasteiger charge is -2.37. The van der Waals surface area contributed by atoms with Crippen LogP contribution in [-0.2, 0) is 4.79 Å². The van der Waals surface area contributed by atoms with Crippen LogP contribution in [0.5, 0.6) is 0 Å². The number of carbonyl (C=O) groups is 1. The summed E-state index contributed by atoms with van der Waals surface area (Å²) in [5.74, 6) is 0.496. The first-order chi connectivity index (χ1) is 18.6. The fourth-order valence-corrected chi connectivity index (χ4v) is 6.40. The number of nitrogens with one attached hydrogen (secondary N) is 3. The Kier molecular flexibility index (Phi) is 8.91. The number of hydrogen-bond acceptors (Lipinski definition) is 9. The number of piperazine rings is 1. The molecule has 3 N–H and O–H groups in total. The maximum atomic E-state index is 12.5. The third kappa shape index (κ3) is 6.24. The molecule has 0 spiro atoms. The molecule has 1 saturated heterocycles. The Bertz CT molecular complexity index is 1320. The number of imidazole rings is 1. The van der Waals surface area contributed by atoms with Gasteiger partial charge in [0.2, 0.25) is 5.91 Å². The number of rotatable bonds is 7. The summed E-state index contributed by atoms with van der Waals surface area (Å²) < 4.78 is 5.40. The van der Waals surface area contributed by atoms with Gasteiger partial charge >= 0.3 is 0 Å². The lowest BCUT2D eigenvalue weighted by Crippen LogP contribution is -2.50. The smallest absolute Gasteiger partial charge is 0.225 e. The van der Waals surface area contributed by atoms with Crippen LogP contribution < -0.4 is 9.62 Å². The van der Waals surface area contributed by atoms with E-state index >= 15 is 0 Å². The van der Waals surface area contributed by atoms with Crippen LogP contribution in [-0.4, -0.2) is 62.0 Å². The van der Waals surface area contributed by atoms with Crippen LogP contribution in [0.1, 0.15) is 66.1 Å². The molecular formula is C27H37ClN8OS2. The van der Waals surface area contributed by atoms with E-state index < -0.39 is 5.41 Å². The lowest BCUT2D eigenvalue weighted by molar-refractivity contribution is -0.134. The van der Waals surface area contributed by atoms with Crippen molar-refractivity contribution < 1.29 is 4.79 Å². The zero-order valence-corrected chi connectivity index (χ0v) is 25.6. The fraction of sp³-hybridized carbons (Fsp3) is 0.593. The van der Waals surface area contributed by atoms with Crippen LogP contribution in [0.4, 0.5) is 5.69 Å². The van der Waals surface area contributed by atoms with Crippen molar-refractivity contribution in [1.82, 2.24) is 19.0 Å². The Balaban J connectivity index is 0.00000172. The number of fused-ring (bicyclic) bond motifs is 1.